The summed E-state index contributed by atoms with van der Waals surface area (Å²) in [5.41, 5.74) is 3.02. The fourth-order valence-electron chi connectivity index (χ4n) is 3.72. The second-order valence-electron chi connectivity index (χ2n) is 7.60. The Labute approximate surface area is 172 Å². The number of carbonyl (C=O) groups excluding carboxylic acids is 1. The monoisotopic (exact) mass is 416 g/mol. The van der Waals surface area contributed by atoms with E-state index in [-0.39, 0.29) is 28.2 Å². The van der Waals surface area contributed by atoms with Crippen molar-refractivity contribution in [2.24, 2.45) is 0 Å². The summed E-state index contributed by atoms with van der Waals surface area (Å²) in [5, 5.41) is 2.87. The number of amides is 1. The van der Waals surface area contributed by atoms with Crippen molar-refractivity contribution < 1.29 is 17.9 Å². The molecular weight excluding hydrogens is 388 g/mol. The van der Waals surface area contributed by atoms with Crippen molar-refractivity contribution in [2.75, 3.05) is 19.0 Å². The van der Waals surface area contributed by atoms with Gasteiger partial charge in [-0.05, 0) is 63.4 Å². The van der Waals surface area contributed by atoms with E-state index >= 15 is 0 Å². The third-order valence-electron chi connectivity index (χ3n) is 5.38. The third-order valence-corrected chi connectivity index (χ3v) is 7.42. The van der Waals surface area contributed by atoms with E-state index in [4.69, 9.17) is 4.74 Å². The molecule has 0 spiro atoms. The third kappa shape index (κ3) is 4.46. The molecule has 1 aliphatic rings. The Morgan fingerprint density at radius 3 is 2.55 bits per heavy atom. The minimum atomic E-state index is -3.77. The molecule has 2 aromatic carbocycles. The van der Waals surface area contributed by atoms with Crippen LogP contribution in [-0.4, -0.2) is 38.3 Å². The Morgan fingerprint density at radius 1 is 1.14 bits per heavy atom. The van der Waals surface area contributed by atoms with Crippen molar-refractivity contribution in [2.45, 2.75) is 51.0 Å². The van der Waals surface area contributed by atoms with Gasteiger partial charge in [-0.2, -0.15) is 4.31 Å². The van der Waals surface area contributed by atoms with E-state index in [0.717, 1.165) is 30.4 Å². The van der Waals surface area contributed by atoms with Gasteiger partial charge in [0, 0.05) is 23.8 Å². The number of aryl methyl sites for hydroxylation is 2. The van der Waals surface area contributed by atoms with E-state index in [2.05, 4.69) is 5.32 Å². The van der Waals surface area contributed by atoms with Crippen molar-refractivity contribution in [1.82, 2.24) is 4.31 Å². The predicted molar refractivity (Wildman–Crippen MR) is 114 cm³/mol. The number of methoxy groups -OCH3 is 1. The molecule has 7 heteroatoms. The van der Waals surface area contributed by atoms with Gasteiger partial charge in [0.15, 0.2) is 0 Å². The summed E-state index contributed by atoms with van der Waals surface area (Å²) in [6.45, 7) is 6.30. The maximum Gasteiger partial charge on any atom is 0.255 e. The highest BCUT2D eigenvalue weighted by molar-refractivity contribution is 7.89. The fourth-order valence-corrected chi connectivity index (χ4v) is 5.61. The largest absolute Gasteiger partial charge is 0.495 e. The molecule has 1 amide bonds. The smallest absolute Gasteiger partial charge is 0.255 e. The average Bonchev–Trinajstić information content (AvgIpc) is 2.69. The SMILES string of the molecule is COc1ccc(C(=O)Nc2ccc(C)cc2C)cc1S(=O)(=O)N1CCCC[C@H]1C. The minimum absolute atomic E-state index is 0.0297. The molecule has 0 aliphatic carbocycles. The predicted octanol–water partition coefficient (Wildman–Crippen LogP) is 4.13. The van der Waals surface area contributed by atoms with Crippen molar-refractivity contribution in [3.05, 3.63) is 53.1 Å². The summed E-state index contributed by atoms with van der Waals surface area (Å²) in [5.74, 6) is -0.117. The molecule has 6 nitrogen and oxygen atoms in total. The summed E-state index contributed by atoms with van der Waals surface area (Å²) in [6, 6.07) is 10.2. The zero-order valence-electron chi connectivity index (χ0n) is 17.4. The number of nitrogens with one attached hydrogen (secondary N) is 1. The van der Waals surface area contributed by atoms with Crippen molar-refractivity contribution >= 4 is 21.6 Å². The van der Waals surface area contributed by atoms with Gasteiger partial charge in [-0.1, -0.05) is 24.1 Å². The Bertz CT molecular complexity index is 1020. The number of piperidine rings is 1. The van der Waals surface area contributed by atoms with Crippen molar-refractivity contribution in [3.63, 3.8) is 0 Å². The molecule has 0 saturated carbocycles. The highest BCUT2D eigenvalue weighted by atomic mass is 32.2. The maximum atomic E-state index is 13.3. The van der Waals surface area contributed by atoms with E-state index in [9.17, 15) is 13.2 Å². The minimum Gasteiger partial charge on any atom is -0.495 e. The van der Waals surface area contributed by atoms with Gasteiger partial charge in [0.25, 0.3) is 5.91 Å². The van der Waals surface area contributed by atoms with Gasteiger partial charge in [-0.25, -0.2) is 8.42 Å². The van der Waals surface area contributed by atoms with Crippen LogP contribution in [0.4, 0.5) is 5.69 Å². The number of nitrogens with zero attached hydrogens (tertiary/aromatic N) is 1. The second kappa shape index (κ2) is 8.55. The van der Waals surface area contributed by atoms with Crippen LogP contribution in [0.5, 0.6) is 5.75 Å². The summed E-state index contributed by atoms with van der Waals surface area (Å²) >= 11 is 0. The number of hydrogen-bond donors (Lipinski definition) is 1. The summed E-state index contributed by atoms with van der Waals surface area (Å²) < 4.78 is 33.5. The summed E-state index contributed by atoms with van der Waals surface area (Å²) in [4.78, 5) is 12.8. The number of anilines is 1. The highest BCUT2D eigenvalue weighted by Gasteiger charge is 2.33. The lowest BCUT2D eigenvalue weighted by atomic mass is 10.1. The first-order valence-electron chi connectivity index (χ1n) is 9.82. The molecule has 0 unspecified atom stereocenters. The van der Waals surface area contributed by atoms with E-state index in [0.29, 0.717) is 12.2 Å². The van der Waals surface area contributed by atoms with Crippen LogP contribution in [0.1, 0.15) is 47.7 Å². The number of rotatable bonds is 5. The molecule has 1 heterocycles. The zero-order valence-corrected chi connectivity index (χ0v) is 18.2. The number of benzene rings is 2. The first-order valence-corrected chi connectivity index (χ1v) is 11.3. The topological polar surface area (TPSA) is 75.7 Å². The summed E-state index contributed by atoms with van der Waals surface area (Å²) in [6.07, 6.45) is 2.68. The van der Waals surface area contributed by atoms with Gasteiger partial charge in [-0.15, -0.1) is 0 Å². The Hall–Kier alpha value is -2.38. The molecular formula is C22H28N2O4S. The zero-order chi connectivity index (χ0) is 21.2. The first-order chi connectivity index (χ1) is 13.7. The van der Waals surface area contributed by atoms with Gasteiger partial charge >= 0.3 is 0 Å². The Kier molecular flexibility index (Phi) is 6.29. The van der Waals surface area contributed by atoms with Crippen LogP contribution in [0.25, 0.3) is 0 Å². The van der Waals surface area contributed by atoms with Crippen LogP contribution in [-0.2, 0) is 10.0 Å². The Morgan fingerprint density at radius 2 is 1.90 bits per heavy atom. The summed E-state index contributed by atoms with van der Waals surface area (Å²) in [7, 11) is -2.33. The molecule has 1 N–H and O–H groups in total. The Balaban J connectivity index is 1.95. The van der Waals surface area contributed by atoms with Crippen LogP contribution in [0.15, 0.2) is 41.3 Å². The number of ether oxygens (including phenoxy) is 1. The lowest BCUT2D eigenvalue weighted by Crippen LogP contribution is -2.42. The fraction of sp³-hybridized carbons (Fsp3) is 0.409. The molecule has 1 fully saturated rings. The first kappa shape index (κ1) is 21.3. The second-order valence-corrected chi connectivity index (χ2v) is 9.46. The van der Waals surface area contributed by atoms with Crippen LogP contribution >= 0.6 is 0 Å². The van der Waals surface area contributed by atoms with E-state index in [1.165, 1.54) is 17.5 Å². The molecule has 156 valence electrons. The van der Waals surface area contributed by atoms with Crippen LogP contribution in [0.2, 0.25) is 0 Å². The van der Waals surface area contributed by atoms with Crippen LogP contribution in [0, 0.1) is 13.8 Å². The maximum absolute atomic E-state index is 13.3. The van der Waals surface area contributed by atoms with Gasteiger partial charge in [0.1, 0.15) is 10.6 Å². The molecule has 2 aromatic rings. The van der Waals surface area contributed by atoms with E-state index < -0.39 is 10.0 Å². The van der Waals surface area contributed by atoms with Gasteiger partial charge in [0.2, 0.25) is 10.0 Å². The molecule has 3 rings (SSSR count). The van der Waals surface area contributed by atoms with Gasteiger partial charge in [0.05, 0.1) is 7.11 Å². The molecule has 0 bridgehead atoms. The van der Waals surface area contributed by atoms with E-state index in [1.54, 1.807) is 12.1 Å². The number of carbonyl (C=O) groups is 1. The lowest BCUT2D eigenvalue weighted by Gasteiger charge is -2.32. The van der Waals surface area contributed by atoms with Gasteiger partial charge < -0.3 is 10.1 Å². The molecule has 0 radical (unpaired) electrons. The molecule has 1 atom stereocenters. The molecule has 1 saturated heterocycles. The quantitative estimate of drug-likeness (QED) is 0.795. The standard InChI is InChI=1S/C22H28N2O4S/c1-15-8-10-19(16(2)13-15)23-22(25)18-9-11-20(28-4)21(14-18)29(26,27)24-12-6-5-7-17(24)3/h8-11,13-14,17H,5-7,12H2,1-4H3,(H,23,25)/t17-/m1/s1. The van der Waals surface area contributed by atoms with Crippen LogP contribution < -0.4 is 10.1 Å². The number of hydrogen-bond acceptors (Lipinski definition) is 4. The lowest BCUT2D eigenvalue weighted by molar-refractivity contribution is 0.102. The number of sulfonamides is 1. The highest BCUT2D eigenvalue weighted by Crippen LogP contribution is 2.32. The van der Waals surface area contributed by atoms with Crippen molar-refractivity contribution in [1.29, 1.82) is 0 Å². The van der Waals surface area contributed by atoms with Crippen LogP contribution in [0.3, 0.4) is 0 Å². The normalized spacial score (nSPS) is 17.7. The van der Waals surface area contributed by atoms with Gasteiger partial charge in [-0.3, -0.25) is 4.79 Å². The molecule has 0 aromatic heterocycles. The van der Waals surface area contributed by atoms with E-state index in [1.807, 2.05) is 39.0 Å². The van der Waals surface area contributed by atoms with Crippen molar-refractivity contribution in [3.8, 4) is 5.75 Å². The average molecular weight is 417 g/mol. The molecule has 1 aliphatic heterocycles. The molecule has 29 heavy (non-hydrogen) atoms.